The van der Waals surface area contributed by atoms with Gasteiger partial charge in [-0.1, -0.05) is 34.1 Å². The maximum absolute atomic E-state index is 5.66. The third kappa shape index (κ3) is 5.43. The smallest absolute Gasteiger partial charge is 0.238 e. The van der Waals surface area contributed by atoms with Crippen molar-refractivity contribution < 1.29 is 14.2 Å². The number of ether oxygens (including phenoxy) is 1. The van der Waals surface area contributed by atoms with Gasteiger partial charge >= 0.3 is 0 Å². The lowest BCUT2D eigenvalue weighted by molar-refractivity contribution is -0.324. The minimum atomic E-state index is -1.83. The lowest BCUT2D eigenvalue weighted by atomic mass is 10.2. The molecule has 0 aliphatic rings. The van der Waals surface area contributed by atoms with Gasteiger partial charge in [-0.2, -0.15) is 0 Å². The number of hydrogen-bond donors (Lipinski definition) is 0. The Hall–Kier alpha value is 0.0969. The van der Waals surface area contributed by atoms with Crippen LogP contribution in [-0.2, 0) is 14.2 Å². The quantitative estimate of drug-likeness (QED) is 0.294. The predicted octanol–water partition coefficient (Wildman–Crippen LogP) is 4.10. The molecule has 0 bridgehead atoms. The highest BCUT2D eigenvalue weighted by atomic mass is 28.4. The molecule has 0 radical (unpaired) electrons. The van der Waals surface area contributed by atoms with Crippen LogP contribution in [0.4, 0.5) is 0 Å². The third-order valence-corrected chi connectivity index (χ3v) is 7.35. The van der Waals surface area contributed by atoms with Gasteiger partial charge in [0.2, 0.25) is 8.32 Å². The van der Waals surface area contributed by atoms with Crippen molar-refractivity contribution in [1.29, 1.82) is 0 Å². The zero-order valence-electron chi connectivity index (χ0n) is 11.9. The molecule has 1 unspecified atom stereocenters. The molecule has 0 fully saturated rings. The Labute approximate surface area is 102 Å². The molecular weight excluding hydrogens is 220 g/mol. The number of rotatable bonds is 7. The molecule has 0 saturated carbocycles. The van der Waals surface area contributed by atoms with Crippen molar-refractivity contribution in [1.82, 2.24) is 0 Å². The molecule has 0 spiro atoms. The van der Waals surface area contributed by atoms with Gasteiger partial charge < -0.3 is 4.74 Å². The van der Waals surface area contributed by atoms with E-state index in [1.807, 2.05) is 0 Å². The van der Waals surface area contributed by atoms with Crippen LogP contribution >= 0.6 is 0 Å². The summed E-state index contributed by atoms with van der Waals surface area (Å²) < 4.78 is 10.9. The van der Waals surface area contributed by atoms with Crippen LogP contribution in [0.25, 0.3) is 0 Å². The maximum Gasteiger partial charge on any atom is 0.238 e. The summed E-state index contributed by atoms with van der Waals surface area (Å²) >= 11 is 0. The second-order valence-electron chi connectivity index (χ2n) is 5.75. The van der Waals surface area contributed by atoms with Crippen LogP contribution in [0.1, 0.15) is 47.0 Å². The number of methoxy groups -OCH3 is 1. The molecule has 0 heterocycles. The normalized spacial score (nSPS) is 15.2. The van der Waals surface area contributed by atoms with Crippen LogP contribution in [-0.4, -0.2) is 21.7 Å². The highest BCUT2D eigenvalue weighted by Gasteiger charge is 2.39. The largest absolute Gasteiger partial charge is 0.353 e. The van der Waals surface area contributed by atoms with Crippen molar-refractivity contribution in [3.8, 4) is 0 Å². The van der Waals surface area contributed by atoms with Crippen LogP contribution in [0.5, 0.6) is 0 Å². The van der Waals surface area contributed by atoms with E-state index in [9.17, 15) is 0 Å². The van der Waals surface area contributed by atoms with Crippen molar-refractivity contribution in [3.05, 3.63) is 0 Å². The topological polar surface area (TPSA) is 27.7 Å². The van der Waals surface area contributed by atoms with Crippen LogP contribution in [0.15, 0.2) is 0 Å². The van der Waals surface area contributed by atoms with E-state index in [0.29, 0.717) is 0 Å². The van der Waals surface area contributed by atoms with Crippen molar-refractivity contribution >= 4 is 8.32 Å². The van der Waals surface area contributed by atoms with Crippen molar-refractivity contribution in [2.75, 3.05) is 7.11 Å². The van der Waals surface area contributed by atoms with E-state index in [2.05, 4.69) is 40.8 Å². The first-order valence-corrected chi connectivity index (χ1v) is 9.02. The Morgan fingerprint density at radius 2 is 1.75 bits per heavy atom. The molecule has 0 amide bonds. The summed E-state index contributed by atoms with van der Waals surface area (Å²) in [4.78, 5) is 5.42. The molecule has 0 aromatic rings. The van der Waals surface area contributed by atoms with Gasteiger partial charge in [0.1, 0.15) is 0 Å². The summed E-state index contributed by atoms with van der Waals surface area (Å²) in [6.45, 7) is 13.1. The Bertz CT molecular complexity index is 187. The van der Waals surface area contributed by atoms with E-state index in [1.165, 1.54) is 0 Å². The van der Waals surface area contributed by atoms with E-state index in [-0.39, 0.29) is 11.3 Å². The molecule has 0 aliphatic carbocycles. The number of unbranched alkanes of at least 4 members (excludes halogenated alkanes) is 1. The van der Waals surface area contributed by atoms with Gasteiger partial charge in [-0.05, 0) is 24.6 Å². The second kappa shape index (κ2) is 6.74. The molecule has 0 aromatic heterocycles. The monoisotopic (exact) mass is 248 g/mol. The van der Waals surface area contributed by atoms with Gasteiger partial charge in [0, 0.05) is 13.5 Å². The van der Waals surface area contributed by atoms with Crippen molar-refractivity contribution in [2.45, 2.75) is 71.4 Å². The van der Waals surface area contributed by atoms with Crippen LogP contribution in [0.3, 0.4) is 0 Å². The van der Waals surface area contributed by atoms with Gasteiger partial charge in [-0.25, -0.2) is 4.89 Å². The Morgan fingerprint density at radius 3 is 2.12 bits per heavy atom. The molecule has 0 aromatic carbocycles. The molecular formula is C12H28O3Si. The first kappa shape index (κ1) is 16.1. The summed E-state index contributed by atoms with van der Waals surface area (Å²) in [5.74, 6) is 0. The zero-order valence-corrected chi connectivity index (χ0v) is 12.9. The van der Waals surface area contributed by atoms with E-state index < -0.39 is 8.32 Å². The van der Waals surface area contributed by atoms with Gasteiger partial charge in [-0.3, -0.25) is 4.58 Å². The summed E-state index contributed by atoms with van der Waals surface area (Å²) in [6, 6.07) is 0. The van der Waals surface area contributed by atoms with E-state index in [0.717, 1.165) is 19.3 Å². The zero-order chi connectivity index (χ0) is 12.8. The molecule has 0 rings (SSSR count). The first-order chi connectivity index (χ1) is 7.24. The molecule has 4 heteroatoms. The average molecular weight is 248 g/mol. The van der Waals surface area contributed by atoms with E-state index >= 15 is 0 Å². The molecule has 3 nitrogen and oxygen atoms in total. The summed E-state index contributed by atoms with van der Waals surface area (Å²) in [6.07, 6.45) is 2.90. The summed E-state index contributed by atoms with van der Waals surface area (Å²) in [5.41, 5.74) is 0. The molecule has 1 atom stereocenters. The van der Waals surface area contributed by atoms with Crippen LogP contribution < -0.4 is 0 Å². The van der Waals surface area contributed by atoms with Crippen LogP contribution in [0, 0.1) is 0 Å². The lowest BCUT2D eigenvalue weighted by Crippen LogP contribution is -2.42. The fourth-order valence-electron chi connectivity index (χ4n) is 0.875. The highest BCUT2D eigenvalue weighted by molar-refractivity contribution is 6.73. The predicted molar refractivity (Wildman–Crippen MR) is 69.7 cm³/mol. The van der Waals surface area contributed by atoms with Gasteiger partial charge in [0.25, 0.3) is 0 Å². The fourth-order valence-corrected chi connectivity index (χ4v) is 1.47. The van der Waals surface area contributed by atoms with Gasteiger partial charge in [0.15, 0.2) is 6.29 Å². The molecule has 0 N–H and O–H groups in total. The lowest BCUT2D eigenvalue weighted by Gasteiger charge is -2.35. The Morgan fingerprint density at radius 1 is 1.19 bits per heavy atom. The SMILES string of the molecule is CCCCC(OC)OO[Si](C)(C)C(C)(C)C. The summed E-state index contributed by atoms with van der Waals surface area (Å²) in [5, 5.41) is 0.163. The van der Waals surface area contributed by atoms with Gasteiger partial charge in [0.05, 0.1) is 0 Å². The average Bonchev–Trinajstić information content (AvgIpc) is 2.16. The molecule has 0 saturated heterocycles. The summed E-state index contributed by atoms with van der Waals surface area (Å²) in [7, 11) is -0.163. The van der Waals surface area contributed by atoms with Crippen LogP contribution in [0.2, 0.25) is 18.1 Å². The minimum absolute atomic E-state index is 0.163. The maximum atomic E-state index is 5.66. The standard InChI is InChI=1S/C12H28O3Si/c1-8-9-10-11(13-5)14-15-16(6,7)12(2,3)4/h11H,8-10H2,1-7H3. The number of hydrogen-bond acceptors (Lipinski definition) is 3. The first-order valence-electron chi connectivity index (χ1n) is 6.12. The molecule has 98 valence electrons. The fraction of sp³-hybridized carbons (Fsp3) is 1.00. The van der Waals surface area contributed by atoms with Crippen molar-refractivity contribution in [3.63, 3.8) is 0 Å². The minimum Gasteiger partial charge on any atom is -0.353 e. The van der Waals surface area contributed by atoms with Crippen molar-refractivity contribution in [2.24, 2.45) is 0 Å². The van der Waals surface area contributed by atoms with Gasteiger partial charge in [-0.15, -0.1) is 0 Å². The second-order valence-corrected chi connectivity index (χ2v) is 10.4. The third-order valence-electron chi connectivity index (χ3n) is 3.23. The van der Waals surface area contributed by atoms with E-state index in [1.54, 1.807) is 7.11 Å². The Kier molecular flexibility index (Phi) is 6.78. The van der Waals surface area contributed by atoms with E-state index in [4.69, 9.17) is 14.2 Å². The highest BCUT2D eigenvalue weighted by Crippen LogP contribution is 2.36. The molecule has 0 aliphatic heterocycles. The molecule has 16 heavy (non-hydrogen) atoms. The Balaban J connectivity index is 4.10.